The molecular formula is C16H19N3O4S. The highest BCUT2D eigenvalue weighted by Gasteiger charge is 2.15. The van der Waals surface area contributed by atoms with Crippen molar-refractivity contribution in [1.29, 1.82) is 0 Å². The third-order valence-electron chi connectivity index (χ3n) is 3.47. The predicted molar refractivity (Wildman–Crippen MR) is 92.3 cm³/mol. The van der Waals surface area contributed by atoms with E-state index in [1.54, 1.807) is 24.3 Å². The van der Waals surface area contributed by atoms with E-state index in [4.69, 9.17) is 5.11 Å². The van der Waals surface area contributed by atoms with Gasteiger partial charge in [-0.25, -0.2) is 4.98 Å². The average Bonchev–Trinajstić information content (AvgIpc) is 2.55. The number of hydrogen-bond donors (Lipinski definition) is 2. The summed E-state index contributed by atoms with van der Waals surface area (Å²) in [5, 5.41) is 12.4. The molecular weight excluding hydrogens is 330 g/mol. The first-order valence-corrected chi connectivity index (χ1v) is 8.54. The van der Waals surface area contributed by atoms with Gasteiger partial charge in [0.05, 0.1) is 16.7 Å². The molecule has 0 fully saturated rings. The molecule has 0 aliphatic heterocycles. The number of aromatic nitrogens is 2. The zero-order chi connectivity index (χ0) is 17.7. The van der Waals surface area contributed by atoms with Gasteiger partial charge in [0.15, 0.2) is 5.16 Å². The Bertz CT molecular complexity index is 819. The normalized spacial score (nSPS) is 12.1. The molecule has 0 radical (unpaired) electrons. The fourth-order valence-corrected chi connectivity index (χ4v) is 2.89. The molecule has 1 aromatic heterocycles. The van der Waals surface area contributed by atoms with E-state index >= 15 is 0 Å². The van der Waals surface area contributed by atoms with Gasteiger partial charge in [-0.3, -0.25) is 19.0 Å². The van der Waals surface area contributed by atoms with Gasteiger partial charge in [0.2, 0.25) is 5.91 Å². The summed E-state index contributed by atoms with van der Waals surface area (Å²) in [4.78, 5) is 39.8. The second-order valence-electron chi connectivity index (χ2n) is 5.36. The van der Waals surface area contributed by atoms with E-state index in [1.165, 1.54) is 0 Å². The fraction of sp³-hybridized carbons (Fsp3) is 0.375. The summed E-state index contributed by atoms with van der Waals surface area (Å²) in [6.45, 7) is 3.37. The minimum absolute atomic E-state index is 0.0591. The number of carboxylic acids is 1. The number of para-hydroxylation sites is 1. The van der Waals surface area contributed by atoms with E-state index in [-0.39, 0.29) is 22.9 Å². The third-order valence-corrected chi connectivity index (χ3v) is 4.45. The maximum Gasteiger partial charge on any atom is 0.323 e. The Kier molecular flexibility index (Phi) is 5.97. The Morgan fingerprint density at radius 3 is 2.75 bits per heavy atom. The number of hydrogen-bond acceptors (Lipinski definition) is 5. The molecule has 7 nitrogen and oxygen atoms in total. The Morgan fingerprint density at radius 1 is 1.38 bits per heavy atom. The van der Waals surface area contributed by atoms with E-state index in [0.29, 0.717) is 10.9 Å². The summed E-state index contributed by atoms with van der Waals surface area (Å²) >= 11 is 1.06. The minimum Gasteiger partial charge on any atom is -0.480 e. The van der Waals surface area contributed by atoms with Crippen LogP contribution in [0, 0.1) is 0 Å². The number of rotatable bonds is 7. The molecule has 0 bridgehead atoms. The molecule has 1 atom stereocenters. The summed E-state index contributed by atoms with van der Waals surface area (Å²) < 4.78 is 1.09. The van der Waals surface area contributed by atoms with Gasteiger partial charge < -0.3 is 10.4 Å². The molecule has 0 saturated carbocycles. The van der Waals surface area contributed by atoms with Gasteiger partial charge in [0.25, 0.3) is 5.56 Å². The average molecular weight is 349 g/mol. The lowest BCUT2D eigenvalue weighted by molar-refractivity contribution is -0.137. The zero-order valence-corrected chi connectivity index (χ0v) is 14.3. The second-order valence-corrected chi connectivity index (χ2v) is 6.30. The Labute approximate surface area is 143 Å². The Balaban J connectivity index is 2.32. The first kappa shape index (κ1) is 18.0. The second kappa shape index (κ2) is 7.96. The molecule has 0 saturated heterocycles. The molecule has 0 aliphatic rings. The molecule has 0 spiro atoms. The topological polar surface area (TPSA) is 101 Å². The zero-order valence-electron chi connectivity index (χ0n) is 13.5. The lowest BCUT2D eigenvalue weighted by atomic mass is 10.2. The molecule has 0 aliphatic carbocycles. The summed E-state index contributed by atoms with van der Waals surface area (Å²) in [6.07, 6.45) is 0.814. The first-order chi connectivity index (χ1) is 11.4. The van der Waals surface area contributed by atoms with Crippen molar-refractivity contribution in [3.8, 4) is 0 Å². The molecule has 8 heteroatoms. The quantitative estimate of drug-likeness (QED) is 0.580. The van der Waals surface area contributed by atoms with Crippen LogP contribution in [0.5, 0.6) is 0 Å². The molecule has 2 N–H and O–H groups in total. The predicted octanol–water partition coefficient (Wildman–Crippen LogP) is 1.49. The summed E-state index contributed by atoms with van der Waals surface area (Å²) in [5.41, 5.74) is 0.0572. The number of fused-ring (bicyclic) bond motifs is 1. The van der Waals surface area contributed by atoms with Crippen LogP contribution in [-0.4, -0.2) is 38.3 Å². The molecule has 1 aromatic carbocycles. The number of carbonyl (C=O) groups excluding carboxylic acids is 1. The van der Waals surface area contributed by atoms with Gasteiger partial charge in [-0.2, -0.15) is 0 Å². The number of benzene rings is 1. The fourth-order valence-electron chi connectivity index (χ4n) is 2.08. The van der Waals surface area contributed by atoms with E-state index < -0.39 is 18.1 Å². The van der Waals surface area contributed by atoms with Crippen LogP contribution < -0.4 is 10.9 Å². The van der Waals surface area contributed by atoms with Crippen molar-refractivity contribution in [3.63, 3.8) is 0 Å². The minimum atomic E-state index is -1.14. The van der Waals surface area contributed by atoms with E-state index in [2.05, 4.69) is 10.3 Å². The molecule has 24 heavy (non-hydrogen) atoms. The highest BCUT2D eigenvalue weighted by molar-refractivity contribution is 7.99. The summed E-state index contributed by atoms with van der Waals surface area (Å²) in [5.74, 6) is -1.26. The largest absolute Gasteiger partial charge is 0.480 e. The number of carboxylic acid groups (broad SMARTS) is 1. The maximum absolute atomic E-state index is 12.5. The Morgan fingerprint density at radius 2 is 2.08 bits per heavy atom. The highest BCUT2D eigenvalue weighted by Crippen LogP contribution is 2.17. The first-order valence-electron chi connectivity index (χ1n) is 7.56. The number of amides is 1. The summed E-state index contributed by atoms with van der Waals surface area (Å²) in [7, 11) is 0. The van der Waals surface area contributed by atoms with Gasteiger partial charge in [0.1, 0.15) is 6.54 Å². The van der Waals surface area contributed by atoms with Crippen molar-refractivity contribution < 1.29 is 14.7 Å². The van der Waals surface area contributed by atoms with Crippen molar-refractivity contribution in [2.24, 2.45) is 0 Å². The van der Waals surface area contributed by atoms with Gasteiger partial charge in [-0.15, -0.1) is 0 Å². The van der Waals surface area contributed by atoms with Gasteiger partial charge in [0, 0.05) is 6.04 Å². The number of nitrogens with one attached hydrogen (secondary N) is 1. The molecule has 1 amide bonds. The number of carbonyl (C=O) groups is 2. The van der Waals surface area contributed by atoms with Crippen molar-refractivity contribution in [2.75, 3.05) is 5.75 Å². The molecule has 128 valence electrons. The summed E-state index contributed by atoms with van der Waals surface area (Å²) in [6, 6.07) is 6.80. The van der Waals surface area contributed by atoms with Crippen molar-refractivity contribution in [3.05, 3.63) is 34.6 Å². The maximum atomic E-state index is 12.5. The molecule has 0 unspecified atom stereocenters. The Hall–Kier alpha value is -2.35. The van der Waals surface area contributed by atoms with E-state index in [0.717, 1.165) is 22.7 Å². The third kappa shape index (κ3) is 4.35. The van der Waals surface area contributed by atoms with Gasteiger partial charge in [-0.05, 0) is 25.5 Å². The SMILES string of the molecule is CC[C@H](C)NC(=O)CSc1nc2ccccc2c(=O)n1CC(=O)O. The highest BCUT2D eigenvalue weighted by atomic mass is 32.2. The van der Waals surface area contributed by atoms with Crippen LogP contribution >= 0.6 is 11.8 Å². The van der Waals surface area contributed by atoms with Crippen LogP contribution in [0.25, 0.3) is 10.9 Å². The molecule has 2 aromatic rings. The van der Waals surface area contributed by atoms with Crippen LogP contribution in [0.4, 0.5) is 0 Å². The molecule has 1 heterocycles. The number of nitrogens with zero attached hydrogens (tertiary/aromatic N) is 2. The van der Waals surface area contributed by atoms with Crippen molar-refractivity contribution in [2.45, 2.75) is 38.0 Å². The van der Waals surface area contributed by atoms with Crippen LogP contribution in [0.2, 0.25) is 0 Å². The van der Waals surface area contributed by atoms with Crippen LogP contribution in [0.3, 0.4) is 0 Å². The van der Waals surface area contributed by atoms with Crippen molar-refractivity contribution in [1.82, 2.24) is 14.9 Å². The van der Waals surface area contributed by atoms with Crippen LogP contribution in [-0.2, 0) is 16.1 Å². The van der Waals surface area contributed by atoms with Gasteiger partial charge in [-0.1, -0.05) is 30.8 Å². The van der Waals surface area contributed by atoms with Crippen LogP contribution in [0.1, 0.15) is 20.3 Å². The van der Waals surface area contributed by atoms with E-state index in [9.17, 15) is 14.4 Å². The number of thioether (sulfide) groups is 1. The standard InChI is InChI=1S/C16H19N3O4S/c1-3-10(2)17-13(20)9-24-16-18-12-7-5-4-6-11(12)15(23)19(16)8-14(21)22/h4-7,10H,3,8-9H2,1-2H3,(H,17,20)(H,21,22)/t10-/m0/s1. The smallest absolute Gasteiger partial charge is 0.323 e. The van der Waals surface area contributed by atoms with Crippen LogP contribution in [0.15, 0.2) is 34.2 Å². The lowest BCUT2D eigenvalue weighted by Gasteiger charge is -2.13. The monoisotopic (exact) mass is 349 g/mol. The number of aliphatic carboxylic acids is 1. The van der Waals surface area contributed by atoms with E-state index in [1.807, 2.05) is 13.8 Å². The molecule has 2 rings (SSSR count). The van der Waals surface area contributed by atoms with Gasteiger partial charge >= 0.3 is 5.97 Å². The van der Waals surface area contributed by atoms with Crippen molar-refractivity contribution >= 4 is 34.5 Å². The lowest BCUT2D eigenvalue weighted by Crippen LogP contribution is -2.33.